The third-order valence-electron chi connectivity index (χ3n) is 4.55. The van der Waals surface area contributed by atoms with Crippen molar-refractivity contribution < 1.29 is 14.4 Å². The molecule has 4 rings (SSSR count). The summed E-state index contributed by atoms with van der Waals surface area (Å²) in [6, 6.07) is 11.0. The predicted octanol–water partition coefficient (Wildman–Crippen LogP) is 2.55. The van der Waals surface area contributed by atoms with Gasteiger partial charge in [-0.2, -0.15) is 0 Å². The van der Waals surface area contributed by atoms with Gasteiger partial charge in [-0.15, -0.1) is 0 Å². The Morgan fingerprint density at radius 2 is 1.67 bits per heavy atom. The Hall–Kier alpha value is -3.42. The molecule has 1 aliphatic rings. The summed E-state index contributed by atoms with van der Waals surface area (Å²) in [5.74, 6) is 0.295. The molecule has 138 valence electrons. The summed E-state index contributed by atoms with van der Waals surface area (Å²) in [4.78, 5) is 24.6. The summed E-state index contributed by atoms with van der Waals surface area (Å²) in [5.41, 5.74) is 0.799. The molecule has 0 atom stereocenters. The highest BCUT2D eigenvalue weighted by Crippen LogP contribution is 2.32. The van der Waals surface area contributed by atoms with Crippen molar-refractivity contribution in [2.75, 3.05) is 36.0 Å². The number of nitrogens with zero attached hydrogens (tertiary/aromatic N) is 5. The van der Waals surface area contributed by atoms with Crippen LogP contribution in [0.5, 0.6) is 0 Å². The van der Waals surface area contributed by atoms with Crippen LogP contribution in [0, 0.1) is 0 Å². The lowest BCUT2D eigenvalue weighted by atomic mass is 10.1. The molecule has 0 aliphatic carbocycles. The number of carbonyl (C=O) groups is 1. The summed E-state index contributed by atoms with van der Waals surface area (Å²) >= 11 is 0. The second kappa shape index (κ2) is 7.45. The van der Waals surface area contributed by atoms with Gasteiger partial charge in [0, 0.05) is 44.1 Å². The highest BCUT2D eigenvalue weighted by Gasteiger charge is 2.28. The molecule has 0 saturated carbocycles. The van der Waals surface area contributed by atoms with Crippen LogP contribution in [0.25, 0.3) is 11.3 Å². The number of hydrogen-bond donors (Lipinski definition) is 1. The van der Waals surface area contributed by atoms with E-state index in [0.717, 1.165) is 13.0 Å². The molecule has 3 heterocycles. The van der Waals surface area contributed by atoms with E-state index in [-0.39, 0.29) is 11.3 Å². The van der Waals surface area contributed by atoms with Crippen molar-refractivity contribution >= 4 is 17.7 Å². The molecule has 0 bridgehead atoms. The lowest BCUT2D eigenvalue weighted by molar-refractivity contribution is 0.0698. The Bertz CT molecular complexity index is 914. The van der Waals surface area contributed by atoms with Gasteiger partial charge in [0.25, 0.3) is 0 Å². The maximum atomic E-state index is 11.9. The lowest BCUT2D eigenvalue weighted by Gasteiger charge is -2.21. The zero-order valence-electron chi connectivity index (χ0n) is 14.7. The van der Waals surface area contributed by atoms with E-state index in [1.54, 1.807) is 18.5 Å². The van der Waals surface area contributed by atoms with Crippen LogP contribution in [0.3, 0.4) is 0 Å². The van der Waals surface area contributed by atoms with Crippen molar-refractivity contribution in [2.45, 2.75) is 6.42 Å². The van der Waals surface area contributed by atoms with Gasteiger partial charge in [0.2, 0.25) is 5.95 Å². The van der Waals surface area contributed by atoms with Crippen LogP contribution in [0.4, 0.5) is 11.8 Å². The third-order valence-corrected chi connectivity index (χ3v) is 4.55. The van der Waals surface area contributed by atoms with Crippen LogP contribution in [0.2, 0.25) is 0 Å². The molecule has 0 unspecified atom stereocenters. The van der Waals surface area contributed by atoms with E-state index < -0.39 is 5.97 Å². The fraction of sp³-hybridized carbons (Fsp3) is 0.263. The highest BCUT2D eigenvalue weighted by molar-refractivity contribution is 5.99. The summed E-state index contributed by atoms with van der Waals surface area (Å²) in [6.45, 7) is 2.77. The number of hydrogen-bond acceptors (Lipinski definition) is 7. The number of benzene rings is 1. The molecule has 1 N–H and O–H groups in total. The number of anilines is 2. The summed E-state index contributed by atoms with van der Waals surface area (Å²) in [5, 5.41) is 13.9. The number of rotatable bonds is 4. The topological polar surface area (TPSA) is 95.6 Å². The Labute approximate surface area is 156 Å². The van der Waals surface area contributed by atoms with Gasteiger partial charge >= 0.3 is 5.97 Å². The van der Waals surface area contributed by atoms with Crippen LogP contribution in [0.1, 0.15) is 16.8 Å². The normalized spacial score (nSPS) is 14.8. The van der Waals surface area contributed by atoms with E-state index >= 15 is 0 Å². The first-order valence-electron chi connectivity index (χ1n) is 8.79. The monoisotopic (exact) mass is 365 g/mol. The molecule has 27 heavy (non-hydrogen) atoms. The lowest BCUT2D eigenvalue weighted by Crippen LogP contribution is -2.32. The molecule has 1 aliphatic heterocycles. The quantitative estimate of drug-likeness (QED) is 0.754. The molecule has 3 aromatic rings. The van der Waals surface area contributed by atoms with Gasteiger partial charge in [0.1, 0.15) is 0 Å². The van der Waals surface area contributed by atoms with Crippen LogP contribution in [-0.2, 0) is 0 Å². The second-order valence-corrected chi connectivity index (χ2v) is 6.26. The number of carboxylic acids is 1. The van der Waals surface area contributed by atoms with E-state index in [4.69, 9.17) is 4.52 Å². The number of carboxylic acid groups (broad SMARTS) is 1. The average Bonchev–Trinajstić information content (AvgIpc) is 3.01. The molecule has 0 amide bonds. The second-order valence-electron chi connectivity index (χ2n) is 6.26. The van der Waals surface area contributed by atoms with E-state index in [1.165, 1.54) is 0 Å². The number of aromatic carboxylic acids is 1. The van der Waals surface area contributed by atoms with Gasteiger partial charge in [-0.25, -0.2) is 14.8 Å². The van der Waals surface area contributed by atoms with Crippen LogP contribution in [0.15, 0.2) is 53.3 Å². The van der Waals surface area contributed by atoms with Gasteiger partial charge in [-0.05, 0) is 12.5 Å². The first-order valence-corrected chi connectivity index (χ1v) is 8.79. The fourth-order valence-corrected chi connectivity index (χ4v) is 3.26. The molecule has 0 radical (unpaired) electrons. The van der Waals surface area contributed by atoms with Crippen LogP contribution < -0.4 is 9.80 Å². The minimum absolute atomic E-state index is 0.102. The SMILES string of the molecule is O=C(O)c1c(N2CCCN(c3ncccn3)CC2)noc1-c1ccccc1. The fourth-order valence-electron chi connectivity index (χ4n) is 3.26. The predicted molar refractivity (Wildman–Crippen MR) is 100.0 cm³/mol. The zero-order valence-corrected chi connectivity index (χ0v) is 14.7. The molecule has 1 aromatic carbocycles. The van der Waals surface area contributed by atoms with Crippen molar-refractivity contribution in [2.24, 2.45) is 0 Å². The molecule has 8 nitrogen and oxygen atoms in total. The van der Waals surface area contributed by atoms with Gasteiger partial charge in [0.05, 0.1) is 0 Å². The molecule has 2 aromatic heterocycles. The third kappa shape index (κ3) is 3.46. The van der Waals surface area contributed by atoms with Crippen molar-refractivity contribution in [1.82, 2.24) is 15.1 Å². The summed E-state index contributed by atoms with van der Waals surface area (Å²) < 4.78 is 5.44. The van der Waals surface area contributed by atoms with Crippen molar-refractivity contribution in [3.8, 4) is 11.3 Å². The highest BCUT2D eigenvalue weighted by atomic mass is 16.5. The zero-order chi connectivity index (χ0) is 18.6. The largest absolute Gasteiger partial charge is 0.477 e. The molecule has 1 fully saturated rings. The van der Waals surface area contributed by atoms with Crippen molar-refractivity contribution in [3.05, 3.63) is 54.4 Å². The number of aromatic nitrogens is 3. The van der Waals surface area contributed by atoms with E-state index in [0.29, 0.717) is 37.0 Å². The molecule has 1 saturated heterocycles. The Balaban J connectivity index is 1.60. The van der Waals surface area contributed by atoms with E-state index in [9.17, 15) is 9.90 Å². The van der Waals surface area contributed by atoms with E-state index in [1.807, 2.05) is 35.2 Å². The Morgan fingerprint density at radius 3 is 2.41 bits per heavy atom. The first kappa shape index (κ1) is 17.0. The molecular formula is C19H19N5O3. The van der Waals surface area contributed by atoms with Gasteiger partial charge in [0.15, 0.2) is 17.1 Å². The van der Waals surface area contributed by atoms with E-state index in [2.05, 4.69) is 20.0 Å². The van der Waals surface area contributed by atoms with Crippen molar-refractivity contribution in [3.63, 3.8) is 0 Å². The van der Waals surface area contributed by atoms with Crippen LogP contribution >= 0.6 is 0 Å². The smallest absolute Gasteiger partial charge is 0.343 e. The van der Waals surface area contributed by atoms with Crippen molar-refractivity contribution in [1.29, 1.82) is 0 Å². The Morgan fingerprint density at radius 1 is 0.963 bits per heavy atom. The maximum Gasteiger partial charge on any atom is 0.343 e. The van der Waals surface area contributed by atoms with Crippen LogP contribution in [-0.4, -0.2) is 52.4 Å². The van der Waals surface area contributed by atoms with Gasteiger partial charge in [-0.1, -0.05) is 35.5 Å². The minimum atomic E-state index is -1.04. The average molecular weight is 365 g/mol. The summed E-state index contributed by atoms with van der Waals surface area (Å²) in [7, 11) is 0. The molecular weight excluding hydrogens is 346 g/mol. The molecule has 0 spiro atoms. The Kier molecular flexibility index (Phi) is 4.69. The summed E-state index contributed by atoms with van der Waals surface area (Å²) in [6.07, 6.45) is 4.28. The van der Waals surface area contributed by atoms with Gasteiger partial charge < -0.3 is 19.4 Å². The molecule has 8 heteroatoms. The minimum Gasteiger partial charge on any atom is -0.477 e. The maximum absolute atomic E-state index is 11.9. The first-order chi connectivity index (χ1) is 13.2. The standard InChI is InChI=1S/C19H19N5O3/c25-18(26)15-16(14-6-2-1-3-7-14)27-22-17(15)23-10-5-11-24(13-12-23)19-20-8-4-9-21-19/h1-4,6-9H,5,10-13H2,(H,25,26). The van der Waals surface area contributed by atoms with Gasteiger partial charge in [-0.3, -0.25) is 0 Å².